The zero-order valence-corrected chi connectivity index (χ0v) is 16.4. The van der Waals surface area contributed by atoms with Gasteiger partial charge in [0, 0.05) is 25.0 Å². The van der Waals surface area contributed by atoms with E-state index in [9.17, 15) is 4.79 Å². The third-order valence-corrected chi connectivity index (χ3v) is 5.61. The molecule has 1 aliphatic heterocycles. The first kappa shape index (κ1) is 18.8. The maximum atomic E-state index is 13.1. The van der Waals surface area contributed by atoms with Gasteiger partial charge < -0.3 is 10.1 Å². The normalized spacial score (nSPS) is 14.9. The average Bonchev–Trinajstić information content (AvgIpc) is 3.17. The Balaban J connectivity index is 1.49. The van der Waals surface area contributed by atoms with E-state index >= 15 is 0 Å². The zero-order chi connectivity index (χ0) is 19.2. The van der Waals surface area contributed by atoms with Crippen molar-refractivity contribution in [2.45, 2.75) is 12.5 Å². The van der Waals surface area contributed by atoms with E-state index in [1.807, 2.05) is 66.0 Å². The molecule has 0 radical (unpaired) electrons. The second-order valence-corrected chi connectivity index (χ2v) is 7.63. The first-order valence-corrected chi connectivity index (χ1v) is 10.3. The quantitative estimate of drug-likeness (QED) is 0.693. The number of nitrogens with zero attached hydrogens (tertiary/aromatic N) is 2. The van der Waals surface area contributed by atoms with Gasteiger partial charge in [0.25, 0.3) is 0 Å². The molecule has 4 rings (SSSR count). The van der Waals surface area contributed by atoms with Gasteiger partial charge in [-0.05, 0) is 11.1 Å². The Hall–Kier alpha value is -2.54. The van der Waals surface area contributed by atoms with Crippen molar-refractivity contribution < 1.29 is 9.53 Å². The second kappa shape index (κ2) is 9.10. The summed E-state index contributed by atoms with van der Waals surface area (Å²) in [4.78, 5) is 20.1. The van der Waals surface area contributed by atoms with Crippen molar-refractivity contribution in [2.24, 2.45) is 0 Å². The number of thiazole rings is 1. The second-order valence-electron chi connectivity index (χ2n) is 6.78. The van der Waals surface area contributed by atoms with E-state index in [1.165, 1.54) is 11.3 Å². The summed E-state index contributed by atoms with van der Waals surface area (Å²) in [7, 11) is 0. The van der Waals surface area contributed by atoms with Gasteiger partial charge in [-0.15, -0.1) is 11.3 Å². The van der Waals surface area contributed by atoms with Crippen molar-refractivity contribution in [3.8, 4) is 0 Å². The van der Waals surface area contributed by atoms with E-state index in [2.05, 4.69) is 15.2 Å². The van der Waals surface area contributed by atoms with Gasteiger partial charge in [0.1, 0.15) is 0 Å². The van der Waals surface area contributed by atoms with Gasteiger partial charge >= 0.3 is 0 Å². The van der Waals surface area contributed by atoms with E-state index in [0.29, 0.717) is 5.13 Å². The van der Waals surface area contributed by atoms with Crippen LogP contribution in [0.1, 0.15) is 22.7 Å². The molecule has 0 bridgehead atoms. The Morgan fingerprint density at radius 3 is 2.25 bits per heavy atom. The number of amides is 1. The van der Waals surface area contributed by atoms with Crippen LogP contribution in [-0.4, -0.2) is 42.1 Å². The fraction of sp³-hybridized carbons (Fsp3) is 0.273. The number of carbonyl (C=O) groups excluding carboxylic acids is 1. The average molecular weight is 394 g/mol. The first-order valence-electron chi connectivity index (χ1n) is 9.45. The molecule has 1 saturated heterocycles. The molecular formula is C22H23N3O2S. The van der Waals surface area contributed by atoms with E-state index in [4.69, 9.17) is 4.74 Å². The van der Waals surface area contributed by atoms with Crippen LogP contribution in [0.5, 0.6) is 0 Å². The van der Waals surface area contributed by atoms with Gasteiger partial charge in [-0.3, -0.25) is 9.69 Å². The van der Waals surface area contributed by atoms with Gasteiger partial charge in [0.15, 0.2) is 5.13 Å². The molecule has 0 saturated carbocycles. The van der Waals surface area contributed by atoms with Crippen LogP contribution in [0.4, 0.5) is 5.13 Å². The minimum absolute atomic E-state index is 0.0651. The van der Waals surface area contributed by atoms with Crippen LogP contribution < -0.4 is 5.32 Å². The lowest BCUT2D eigenvalue weighted by atomic mass is 9.90. The number of hydrogen-bond acceptors (Lipinski definition) is 5. The molecule has 2 aromatic carbocycles. The van der Waals surface area contributed by atoms with Crippen molar-refractivity contribution in [3.63, 3.8) is 0 Å². The monoisotopic (exact) mass is 393 g/mol. The molecule has 0 atom stereocenters. The Labute approximate surface area is 169 Å². The molecule has 144 valence electrons. The van der Waals surface area contributed by atoms with Crippen LogP contribution in [-0.2, 0) is 16.1 Å². The molecule has 1 aliphatic rings. The molecule has 0 aliphatic carbocycles. The molecule has 1 N–H and O–H groups in total. The molecule has 1 fully saturated rings. The molecule has 1 amide bonds. The van der Waals surface area contributed by atoms with E-state index in [-0.39, 0.29) is 11.8 Å². The zero-order valence-electron chi connectivity index (χ0n) is 15.6. The molecule has 1 aromatic heterocycles. The van der Waals surface area contributed by atoms with Crippen LogP contribution in [0, 0.1) is 0 Å². The lowest BCUT2D eigenvalue weighted by molar-refractivity contribution is -0.116. The Morgan fingerprint density at radius 2 is 1.64 bits per heavy atom. The number of carbonyl (C=O) groups is 1. The topological polar surface area (TPSA) is 54.5 Å². The first-order chi connectivity index (χ1) is 13.8. The number of rotatable bonds is 6. The van der Waals surface area contributed by atoms with Gasteiger partial charge in [0.05, 0.1) is 24.8 Å². The van der Waals surface area contributed by atoms with Crippen LogP contribution in [0.15, 0.2) is 66.0 Å². The summed E-state index contributed by atoms with van der Waals surface area (Å²) in [5, 5.41) is 5.68. The van der Waals surface area contributed by atoms with Crippen LogP contribution >= 0.6 is 11.3 Å². The summed E-state index contributed by atoms with van der Waals surface area (Å²) in [5.74, 6) is -0.432. The molecule has 28 heavy (non-hydrogen) atoms. The molecular weight excluding hydrogens is 370 g/mol. The summed E-state index contributed by atoms with van der Waals surface area (Å²) >= 11 is 1.47. The fourth-order valence-corrected chi connectivity index (χ4v) is 4.09. The molecule has 5 nitrogen and oxygen atoms in total. The SMILES string of the molecule is O=C(Nc1nc(CN2CCOCC2)cs1)C(c1ccccc1)c1ccccc1. The molecule has 6 heteroatoms. The highest BCUT2D eigenvalue weighted by atomic mass is 32.1. The minimum atomic E-state index is -0.367. The summed E-state index contributed by atoms with van der Waals surface area (Å²) in [6.45, 7) is 4.16. The summed E-state index contributed by atoms with van der Waals surface area (Å²) in [6.07, 6.45) is 0. The van der Waals surface area contributed by atoms with Crippen molar-refractivity contribution in [1.82, 2.24) is 9.88 Å². The number of aromatic nitrogens is 1. The predicted octanol–water partition coefficient (Wildman–Crippen LogP) is 3.75. The standard InChI is InChI=1S/C22H23N3O2S/c26-21(20(17-7-3-1-4-8-17)18-9-5-2-6-10-18)24-22-23-19(16-28-22)15-25-11-13-27-14-12-25/h1-10,16,20H,11-15H2,(H,23,24,26). The van der Waals surface area contributed by atoms with Crippen molar-refractivity contribution in [1.29, 1.82) is 0 Å². The van der Waals surface area contributed by atoms with Crippen molar-refractivity contribution >= 4 is 22.4 Å². The van der Waals surface area contributed by atoms with Gasteiger partial charge in [-0.2, -0.15) is 0 Å². The maximum Gasteiger partial charge on any atom is 0.238 e. The highest BCUT2D eigenvalue weighted by Gasteiger charge is 2.23. The third kappa shape index (κ3) is 4.65. The number of hydrogen-bond donors (Lipinski definition) is 1. The smallest absolute Gasteiger partial charge is 0.238 e. The molecule has 3 aromatic rings. The third-order valence-electron chi connectivity index (χ3n) is 4.80. The Bertz CT molecular complexity index is 853. The highest BCUT2D eigenvalue weighted by molar-refractivity contribution is 7.13. The van der Waals surface area contributed by atoms with E-state index in [1.54, 1.807) is 0 Å². The van der Waals surface area contributed by atoms with Gasteiger partial charge in [-0.25, -0.2) is 4.98 Å². The van der Waals surface area contributed by atoms with E-state index in [0.717, 1.165) is 49.7 Å². The van der Waals surface area contributed by atoms with Crippen molar-refractivity contribution in [3.05, 3.63) is 82.9 Å². The van der Waals surface area contributed by atoms with Crippen molar-refractivity contribution in [2.75, 3.05) is 31.6 Å². The number of anilines is 1. The predicted molar refractivity (Wildman–Crippen MR) is 112 cm³/mol. The van der Waals surface area contributed by atoms with Crippen LogP contribution in [0.25, 0.3) is 0 Å². The molecule has 0 unspecified atom stereocenters. The Morgan fingerprint density at radius 1 is 1.04 bits per heavy atom. The highest BCUT2D eigenvalue weighted by Crippen LogP contribution is 2.27. The lowest BCUT2D eigenvalue weighted by Crippen LogP contribution is -2.35. The number of ether oxygens (including phenoxy) is 1. The summed E-state index contributed by atoms with van der Waals surface area (Å²) in [6, 6.07) is 19.7. The van der Waals surface area contributed by atoms with E-state index < -0.39 is 0 Å². The lowest BCUT2D eigenvalue weighted by Gasteiger charge is -2.25. The summed E-state index contributed by atoms with van der Waals surface area (Å²) in [5.41, 5.74) is 2.92. The fourth-order valence-electron chi connectivity index (χ4n) is 3.39. The van der Waals surface area contributed by atoms with Crippen LogP contribution in [0.3, 0.4) is 0 Å². The number of morpholine rings is 1. The van der Waals surface area contributed by atoms with Gasteiger partial charge in [0.2, 0.25) is 5.91 Å². The van der Waals surface area contributed by atoms with Gasteiger partial charge in [-0.1, -0.05) is 60.7 Å². The largest absolute Gasteiger partial charge is 0.379 e. The number of benzene rings is 2. The van der Waals surface area contributed by atoms with Crippen LogP contribution in [0.2, 0.25) is 0 Å². The molecule has 2 heterocycles. The summed E-state index contributed by atoms with van der Waals surface area (Å²) < 4.78 is 5.39. The number of nitrogens with one attached hydrogen (secondary N) is 1. The maximum absolute atomic E-state index is 13.1. The molecule has 0 spiro atoms. The minimum Gasteiger partial charge on any atom is -0.379 e. The Kier molecular flexibility index (Phi) is 6.11.